The van der Waals surface area contributed by atoms with Gasteiger partial charge in [0.1, 0.15) is 0 Å². The topological polar surface area (TPSA) is 76.4 Å². The van der Waals surface area contributed by atoms with Crippen molar-refractivity contribution in [1.82, 2.24) is 10.2 Å². The largest absolute Gasteiger partial charge is 0.465 e. The molecule has 2 N–H and O–H groups in total. The fraction of sp³-hybridized carbons (Fsp3) is 0.778. The van der Waals surface area contributed by atoms with E-state index < -0.39 is 6.09 Å². The molecule has 1 heterocycles. The van der Waals surface area contributed by atoms with E-state index in [1.165, 1.54) is 0 Å². The molecular weight excluding hydrogens is 182 g/mol. The van der Waals surface area contributed by atoms with E-state index in [0.717, 1.165) is 12.8 Å². The van der Waals surface area contributed by atoms with E-state index in [1.54, 1.807) is 4.90 Å². The fourth-order valence-corrected chi connectivity index (χ4v) is 2.68. The van der Waals surface area contributed by atoms with Gasteiger partial charge in [-0.2, -0.15) is 5.26 Å². The van der Waals surface area contributed by atoms with Crippen LogP contribution in [0.25, 0.3) is 0 Å². The minimum Gasteiger partial charge on any atom is -0.465 e. The molecule has 2 rings (SSSR count). The molecular formula is C9H13N3O2. The SMILES string of the molecule is N#CN1C[C@H]2CC[C@@H](C1)C2NC(=O)O. The van der Waals surface area contributed by atoms with Crippen LogP contribution in [0.1, 0.15) is 12.8 Å². The van der Waals surface area contributed by atoms with Crippen molar-refractivity contribution in [3.8, 4) is 6.19 Å². The summed E-state index contributed by atoms with van der Waals surface area (Å²) in [6, 6.07) is 0.0668. The van der Waals surface area contributed by atoms with E-state index in [1.807, 2.05) is 0 Å². The van der Waals surface area contributed by atoms with Gasteiger partial charge in [-0.1, -0.05) is 0 Å². The van der Waals surface area contributed by atoms with Crippen LogP contribution in [0.4, 0.5) is 4.79 Å². The maximum Gasteiger partial charge on any atom is 0.404 e. The molecule has 1 saturated heterocycles. The third-order valence-electron chi connectivity index (χ3n) is 3.27. The van der Waals surface area contributed by atoms with Gasteiger partial charge in [0.15, 0.2) is 6.19 Å². The van der Waals surface area contributed by atoms with Gasteiger partial charge in [-0.05, 0) is 24.7 Å². The van der Waals surface area contributed by atoms with Crippen molar-refractivity contribution in [2.75, 3.05) is 13.1 Å². The lowest BCUT2D eigenvalue weighted by atomic mass is 9.93. The molecule has 1 unspecified atom stereocenters. The van der Waals surface area contributed by atoms with Crippen molar-refractivity contribution in [1.29, 1.82) is 5.26 Å². The quantitative estimate of drug-likeness (QED) is 0.595. The highest BCUT2D eigenvalue weighted by Gasteiger charge is 2.42. The maximum atomic E-state index is 10.5. The Morgan fingerprint density at radius 3 is 2.43 bits per heavy atom. The lowest BCUT2D eigenvalue weighted by Crippen LogP contribution is -2.51. The summed E-state index contributed by atoms with van der Waals surface area (Å²) in [6.45, 7) is 1.41. The lowest BCUT2D eigenvalue weighted by Gasteiger charge is -2.34. The Bertz CT molecular complexity index is 272. The van der Waals surface area contributed by atoms with E-state index in [2.05, 4.69) is 11.5 Å². The first-order chi connectivity index (χ1) is 6.70. The molecule has 14 heavy (non-hydrogen) atoms. The highest BCUT2D eigenvalue weighted by atomic mass is 16.4. The Balaban J connectivity index is 2.03. The maximum absolute atomic E-state index is 10.5. The lowest BCUT2D eigenvalue weighted by molar-refractivity contribution is 0.153. The van der Waals surface area contributed by atoms with Crippen LogP contribution in [0.3, 0.4) is 0 Å². The molecule has 0 aromatic carbocycles. The number of rotatable bonds is 1. The average molecular weight is 195 g/mol. The van der Waals surface area contributed by atoms with Crippen molar-refractivity contribution in [2.24, 2.45) is 11.8 Å². The van der Waals surface area contributed by atoms with Crippen molar-refractivity contribution >= 4 is 6.09 Å². The third kappa shape index (κ3) is 1.48. The van der Waals surface area contributed by atoms with E-state index in [9.17, 15) is 4.79 Å². The number of nitrogens with one attached hydrogen (secondary N) is 1. The van der Waals surface area contributed by atoms with E-state index in [4.69, 9.17) is 10.4 Å². The molecule has 0 aromatic heterocycles. The molecule has 1 aliphatic heterocycles. The fourth-order valence-electron chi connectivity index (χ4n) is 2.68. The number of nitriles is 1. The summed E-state index contributed by atoms with van der Waals surface area (Å²) >= 11 is 0. The van der Waals surface area contributed by atoms with Crippen LogP contribution in [-0.2, 0) is 0 Å². The highest BCUT2D eigenvalue weighted by molar-refractivity contribution is 5.65. The molecule has 1 amide bonds. The molecule has 2 bridgehead atoms. The van der Waals surface area contributed by atoms with Crippen LogP contribution < -0.4 is 5.32 Å². The average Bonchev–Trinajstić information content (AvgIpc) is 2.38. The van der Waals surface area contributed by atoms with Crippen molar-refractivity contribution < 1.29 is 9.90 Å². The first-order valence-corrected chi connectivity index (χ1v) is 4.85. The first kappa shape index (κ1) is 9.13. The highest BCUT2D eigenvalue weighted by Crippen LogP contribution is 2.36. The van der Waals surface area contributed by atoms with E-state index >= 15 is 0 Å². The summed E-state index contributed by atoms with van der Waals surface area (Å²) in [7, 11) is 0. The Labute approximate surface area is 82.3 Å². The van der Waals surface area contributed by atoms with Crippen LogP contribution in [0.2, 0.25) is 0 Å². The second-order valence-electron chi connectivity index (χ2n) is 4.08. The number of nitrogens with zero attached hydrogens (tertiary/aromatic N) is 2. The van der Waals surface area contributed by atoms with Gasteiger partial charge in [-0.15, -0.1) is 0 Å². The zero-order valence-electron chi connectivity index (χ0n) is 7.81. The number of fused-ring (bicyclic) bond motifs is 2. The van der Waals surface area contributed by atoms with Gasteiger partial charge < -0.3 is 15.3 Å². The predicted octanol–water partition coefficient (Wildman–Crippen LogP) is 0.445. The standard InChI is InChI=1S/C9H13N3O2/c10-5-12-3-6-1-2-7(4-12)8(6)11-9(13)14/h6-8,11H,1-4H2,(H,13,14)/t6-,7+,8?. The van der Waals surface area contributed by atoms with E-state index in [-0.39, 0.29) is 6.04 Å². The van der Waals surface area contributed by atoms with Gasteiger partial charge >= 0.3 is 6.09 Å². The molecule has 2 aliphatic rings. The first-order valence-electron chi connectivity index (χ1n) is 4.85. The van der Waals surface area contributed by atoms with Crippen LogP contribution in [0, 0.1) is 23.3 Å². The number of amides is 1. The predicted molar refractivity (Wildman–Crippen MR) is 48.3 cm³/mol. The van der Waals surface area contributed by atoms with Gasteiger partial charge in [-0.3, -0.25) is 0 Å². The molecule has 0 radical (unpaired) electrons. The monoisotopic (exact) mass is 195 g/mol. The van der Waals surface area contributed by atoms with Gasteiger partial charge in [0, 0.05) is 19.1 Å². The number of carboxylic acid groups (broad SMARTS) is 1. The number of hydrogen-bond acceptors (Lipinski definition) is 3. The Morgan fingerprint density at radius 2 is 2.00 bits per heavy atom. The number of likely N-dealkylation sites (tertiary alicyclic amines) is 1. The molecule has 5 heteroatoms. The second-order valence-corrected chi connectivity index (χ2v) is 4.08. The van der Waals surface area contributed by atoms with Gasteiger partial charge in [0.25, 0.3) is 0 Å². The second kappa shape index (κ2) is 3.37. The van der Waals surface area contributed by atoms with Crippen LogP contribution in [0.5, 0.6) is 0 Å². The summed E-state index contributed by atoms with van der Waals surface area (Å²) in [4.78, 5) is 12.3. The summed E-state index contributed by atoms with van der Waals surface area (Å²) in [6.07, 6.45) is 3.26. The van der Waals surface area contributed by atoms with E-state index in [0.29, 0.717) is 24.9 Å². The molecule has 76 valence electrons. The summed E-state index contributed by atoms with van der Waals surface area (Å²) in [5, 5.41) is 20.0. The Hall–Kier alpha value is -1.44. The molecule has 1 aliphatic carbocycles. The molecule has 5 nitrogen and oxygen atoms in total. The molecule has 2 fully saturated rings. The van der Waals surface area contributed by atoms with Gasteiger partial charge in [0.05, 0.1) is 0 Å². The van der Waals surface area contributed by atoms with Crippen molar-refractivity contribution in [3.05, 3.63) is 0 Å². The Morgan fingerprint density at radius 1 is 1.43 bits per heavy atom. The summed E-state index contributed by atoms with van der Waals surface area (Å²) in [5.41, 5.74) is 0. The van der Waals surface area contributed by atoms with Crippen molar-refractivity contribution in [3.63, 3.8) is 0 Å². The van der Waals surface area contributed by atoms with Crippen LogP contribution in [0.15, 0.2) is 0 Å². The third-order valence-corrected chi connectivity index (χ3v) is 3.27. The molecule has 1 saturated carbocycles. The number of hydrogen-bond donors (Lipinski definition) is 2. The van der Waals surface area contributed by atoms with Crippen LogP contribution >= 0.6 is 0 Å². The zero-order chi connectivity index (χ0) is 10.1. The number of carbonyl (C=O) groups is 1. The van der Waals surface area contributed by atoms with Gasteiger partial charge in [0.2, 0.25) is 0 Å². The summed E-state index contributed by atoms with van der Waals surface area (Å²) < 4.78 is 0. The van der Waals surface area contributed by atoms with Crippen LogP contribution in [-0.4, -0.2) is 35.2 Å². The molecule has 0 aromatic rings. The number of piperidine rings is 1. The zero-order valence-corrected chi connectivity index (χ0v) is 7.81. The Kier molecular flexibility index (Phi) is 2.20. The van der Waals surface area contributed by atoms with Gasteiger partial charge in [-0.25, -0.2) is 4.79 Å². The molecule has 3 atom stereocenters. The van der Waals surface area contributed by atoms with Crippen molar-refractivity contribution in [2.45, 2.75) is 18.9 Å². The minimum absolute atomic E-state index is 0.0668. The molecule has 0 spiro atoms. The summed E-state index contributed by atoms with van der Waals surface area (Å²) in [5.74, 6) is 0.647. The normalized spacial score (nSPS) is 35.1. The minimum atomic E-state index is -0.947. The smallest absolute Gasteiger partial charge is 0.404 e.